The lowest BCUT2D eigenvalue weighted by Crippen LogP contribution is -2.28. The molecule has 1 aromatic heterocycles. The number of hydrogen-bond acceptors (Lipinski definition) is 4. The first-order valence-electron chi connectivity index (χ1n) is 5.75. The molecule has 0 atom stereocenters. The Morgan fingerprint density at radius 3 is 2.33 bits per heavy atom. The van der Waals surface area contributed by atoms with Crippen LogP contribution in [0, 0.1) is 0 Å². The van der Waals surface area contributed by atoms with Crippen LogP contribution in [-0.2, 0) is 10.1 Å². The van der Waals surface area contributed by atoms with Crippen LogP contribution in [0.4, 0.5) is 13.2 Å². The van der Waals surface area contributed by atoms with Gasteiger partial charge in [0.15, 0.2) is 0 Å². The molecule has 0 amide bonds. The average molecular weight is 386 g/mol. The Bertz CT molecular complexity index is 732. The van der Waals surface area contributed by atoms with Crippen molar-refractivity contribution in [1.29, 1.82) is 0 Å². The molecule has 1 heterocycles. The van der Waals surface area contributed by atoms with E-state index in [0.717, 1.165) is 12.1 Å². The first kappa shape index (κ1) is 17.7. The van der Waals surface area contributed by atoms with Gasteiger partial charge in [-0.3, -0.25) is 0 Å². The van der Waals surface area contributed by atoms with Crippen molar-refractivity contribution >= 4 is 36.8 Å². The molecule has 0 aliphatic heterocycles. The number of rotatable bonds is 2. The van der Waals surface area contributed by atoms with Crippen LogP contribution < -0.4 is 4.18 Å². The zero-order valence-electron chi connectivity index (χ0n) is 11.0. The molecular weight excluding hydrogens is 375 g/mol. The Balaban J connectivity index is 0.00000106. The van der Waals surface area contributed by atoms with Crippen molar-refractivity contribution in [2.45, 2.75) is 19.4 Å². The molecule has 9 heteroatoms. The maximum absolute atomic E-state index is 12.2. The number of alkyl halides is 3. The molecular formula is C12H11BrF3NO3S. The molecule has 2 aromatic rings. The van der Waals surface area contributed by atoms with E-state index in [0.29, 0.717) is 15.4 Å². The summed E-state index contributed by atoms with van der Waals surface area (Å²) in [4.78, 5) is 3.88. The highest BCUT2D eigenvalue weighted by Crippen LogP contribution is 2.29. The molecule has 116 valence electrons. The SMILES string of the molecule is CC.O=S(=O)(Oc1ccc2cc(Br)ncc2c1)C(F)(F)F. The average Bonchev–Trinajstić information content (AvgIpc) is 2.39. The lowest BCUT2D eigenvalue weighted by atomic mass is 10.2. The van der Waals surface area contributed by atoms with E-state index < -0.39 is 21.4 Å². The van der Waals surface area contributed by atoms with Gasteiger partial charge in [-0.05, 0) is 39.5 Å². The number of halogens is 4. The van der Waals surface area contributed by atoms with E-state index in [1.807, 2.05) is 13.8 Å². The summed E-state index contributed by atoms with van der Waals surface area (Å²) >= 11 is 3.14. The summed E-state index contributed by atoms with van der Waals surface area (Å²) < 4.78 is 62.7. The summed E-state index contributed by atoms with van der Waals surface area (Å²) in [6.07, 6.45) is 1.38. The normalized spacial score (nSPS) is 11.7. The Morgan fingerprint density at radius 1 is 1.14 bits per heavy atom. The number of aromatic nitrogens is 1. The molecule has 21 heavy (non-hydrogen) atoms. The summed E-state index contributed by atoms with van der Waals surface area (Å²) in [6.45, 7) is 4.00. The molecule has 0 saturated heterocycles. The van der Waals surface area contributed by atoms with Crippen LogP contribution in [0.3, 0.4) is 0 Å². The zero-order valence-corrected chi connectivity index (χ0v) is 13.4. The molecule has 1 aromatic carbocycles. The fraction of sp³-hybridized carbons (Fsp3) is 0.250. The molecule has 2 rings (SSSR count). The lowest BCUT2D eigenvalue weighted by Gasteiger charge is -2.09. The number of nitrogens with zero attached hydrogens (tertiary/aromatic N) is 1. The van der Waals surface area contributed by atoms with E-state index in [1.165, 1.54) is 12.3 Å². The standard InChI is InChI=1S/C10H5BrF3NO3S.C2H6/c11-9-4-6-1-2-8(3-7(6)5-15-9)18-19(16,17)10(12,13)14;1-2/h1-5H;1-2H3. The molecule has 4 nitrogen and oxygen atoms in total. The molecule has 0 spiro atoms. The molecule has 0 bridgehead atoms. The van der Waals surface area contributed by atoms with Crippen LogP contribution in [0.1, 0.15) is 13.8 Å². The third-order valence-electron chi connectivity index (χ3n) is 2.15. The highest BCUT2D eigenvalue weighted by Gasteiger charge is 2.48. The van der Waals surface area contributed by atoms with E-state index in [-0.39, 0.29) is 0 Å². The Kier molecular flexibility index (Phi) is 5.57. The van der Waals surface area contributed by atoms with Crippen LogP contribution in [0.25, 0.3) is 10.8 Å². The fourth-order valence-electron chi connectivity index (χ4n) is 1.32. The molecule has 0 unspecified atom stereocenters. The second-order valence-corrected chi connectivity index (χ2v) is 5.85. The van der Waals surface area contributed by atoms with E-state index in [9.17, 15) is 21.6 Å². The van der Waals surface area contributed by atoms with Crippen LogP contribution in [-0.4, -0.2) is 18.9 Å². The van der Waals surface area contributed by atoms with Gasteiger partial charge < -0.3 is 4.18 Å². The fourth-order valence-corrected chi connectivity index (χ4v) is 2.12. The highest BCUT2D eigenvalue weighted by molar-refractivity contribution is 9.10. The summed E-state index contributed by atoms with van der Waals surface area (Å²) in [5.74, 6) is -0.422. The highest BCUT2D eigenvalue weighted by atomic mass is 79.9. The van der Waals surface area contributed by atoms with Crippen molar-refractivity contribution in [2.75, 3.05) is 0 Å². The summed E-state index contributed by atoms with van der Waals surface area (Å²) in [5.41, 5.74) is -5.46. The van der Waals surface area contributed by atoms with Gasteiger partial charge in [0.1, 0.15) is 10.4 Å². The van der Waals surface area contributed by atoms with Gasteiger partial charge in [0.25, 0.3) is 0 Å². The lowest BCUT2D eigenvalue weighted by molar-refractivity contribution is -0.0500. The minimum Gasteiger partial charge on any atom is -0.376 e. The van der Waals surface area contributed by atoms with E-state index >= 15 is 0 Å². The van der Waals surface area contributed by atoms with Crippen molar-refractivity contribution in [3.05, 3.63) is 35.1 Å². The smallest absolute Gasteiger partial charge is 0.376 e. The second-order valence-electron chi connectivity index (χ2n) is 3.50. The van der Waals surface area contributed by atoms with Gasteiger partial charge in [-0.1, -0.05) is 19.9 Å². The maximum atomic E-state index is 12.2. The van der Waals surface area contributed by atoms with Gasteiger partial charge in [-0.25, -0.2) is 4.98 Å². The van der Waals surface area contributed by atoms with E-state index in [4.69, 9.17) is 0 Å². The van der Waals surface area contributed by atoms with Gasteiger partial charge >= 0.3 is 15.6 Å². The van der Waals surface area contributed by atoms with Crippen molar-refractivity contribution in [3.63, 3.8) is 0 Å². The quantitative estimate of drug-likeness (QED) is 0.440. The Morgan fingerprint density at radius 2 is 1.76 bits per heavy atom. The first-order chi connectivity index (χ1) is 9.69. The molecule has 0 saturated carbocycles. The van der Waals surface area contributed by atoms with Crippen LogP contribution >= 0.6 is 15.9 Å². The summed E-state index contributed by atoms with van der Waals surface area (Å²) in [7, 11) is -5.66. The van der Waals surface area contributed by atoms with Crippen molar-refractivity contribution < 1.29 is 25.8 Å². The zero-order chi connectivity index (χ0) is 16.3. The number of pyridine rings is 1. The third-order valence-corrected chi connectivity index (χ3v) is 3.56. The van der Waals surface area contributed by atoms with Crippen molar-refractivity contribution in [3.8, 4) is 5.75 Å². The molecule has 0 aliphatic carbocycles. The van der Waals surface area contributed by atoms with Gasteiger partial charge in [-0.15, -0.1) is 0 Å². The van der Waals surface area contributed by atoms with E-state index in [1.54, 1.807) is 6.07 Å². The molecule has 0 fully saturated rings. The molecule has 0 radical (unpaired) electrons. The monoisotopic (exact) mass is 385 g/mol. The Labute approximate surface area is 128 Å². The summed E-state index contributed by atoms with van der Waals surface area (Å²) in [6, 6.07) is 5.37. The predicted octanol–water partition coefficient (Wildman–Crippen LogP) is 4.25. The third kappa shape index (κ3) is 4.31. The first-order valence-corrected chi connectivity index (χ1v) is 7.95. The predicted molar refractivity (Wildman–Crippen MR) is 76.4 cm³/mol. The number of fused-ring (bicyclic) bond motifs is 1. The largest absolute Gasteiger partial charge is 0.534 e. The minimum atomic E-state index is -5.66. The van der Waals surface area contributed by atoms with Gasteiger partial charge in [0.05, 0.1) is 0 Å². The maximum Gasteiger partial charge on any atom is 0.534 e. The van der Waals surface area contributed by atoms with Gasteiger partial charge in [0.2, 0.25) is 0 Å². The topological polar surface area (TPSA) is 56.3 Å². The minimum absolute atomic E-state index is 0.422. The Hall–Kier alpha value is -1.35. The number of benzene rings is 1. The van der Waals surface area contributed by atoms with Gasteiger partial charge in [0, 0.05) is 11.6 Å². The van der Waals surface area contributed by atoms with Crippen LogP contribution in [0.5, 0.6) is 5.75 Å². The van der Waals surface area contributed by atoms with Gasteiger partial charge in [-0.2, -0.15) is 21.6 Å². The molecule has 0 N–H and O–H groups in total. The van der Waals surface area contributed by atoms with Crippen LogP contribution in [0.15, 0.2) is 35.1 Å². The van der Waals surface area contributed by atoms with Crippen LogP contribution in [0.2, 0.25) is 0 Å². The van der Waals surface area contributed by atoms with E-state index in [2.05, 4.69) is 25.1 Å². The number of hydrogen-bond donors (Lipinski definition) is 0. The molecule has 0 aliphatic rings. The summed E-state index contributed by atoms with van der Waals surface area (Å²) in [5, 5.41) is 1.14. The van der Waals surface area contributed by atoms with Crippen molar-refractivity contribution in [1.82, 2.24) is 4.98 Å². The second kappa shape index (κ2) is 6.61. The van der Waals surface area contributed by atoms with Crippen molar-refractivity contribution in [2.24, 2.45) is 0 Å².